The smallest absolute Gasteiger partial charge is 0.387 e. The van der Waals surface area contributed by atoms with E-state index in [1.54, 1.807) is 0 Å². The Labute approximate surface area is 173 Å². The molecule has 0 aliphatic carbocycles. The fourth-order valence-electron chi connectivity index (χ4n) is 2.91. The maximum Gasteiger partial charge on any atom is 0.417 e. The van der Waals surface area contributed by atoms with Crippen LogP contribution in [0.25, 0.3) is 10.9 Å². The summed E-state index contributed by atoms with van der Waals surface area (Å²) in [4.78, 5) is 40.3. The van der Waals surface area contributed by atoms with Crippen molar-refractivity contribution in [2.75, 3.05) is 18.5 Å². The lowest BCUT2D eigenvalue weighted by Crippen LogP contribution is -2.32. The molecule has 0 radical (unpaired) electrons. The van der Waals surface area contributed by atoms with Crippen molar-refractivity contribution < 1.29 is 27.9 Å². The van der Waals surface area contributed by atoms with Crippen LogP contribution in [0.5, 0.6) is 0 Å². The number of halogens is 3. The number of nitrogens with one attached hydrogen (secondary N) is 2. The third-order valence-corrected chi connectivity index (χ3v) is 4.37. The zero-order valence-electron chi connectivity index (χ0n) is 15.9. The summed E-state index contributed by atoms with van der Waals surface area (Å²) in [6, 6.07) is 8.85. The number of aliphatic hydroxyl groups is 1. The Morgan fingerprint density at radius 1 is 1.13 bits per heavy atom. The molecule has 0 fully saturated rings. The number of aromatic nitrogens is 2. The molecule has 11 heteroatoms. The number of amides is 2. The predicted octanol–water partition coefficient (Wildman–Crippen LogP) is 1.78. The molecule has 0 aliphatic heterocycles. The summed E-state index contributed by atoms with van der Waals surface area (Å²) in [7, 11) is 0. The maximum absolute atomic E-state index is 13.1. The van der Waals surface area contributed by atoms with Gasteiger partial charge < -0.3 is 15.7 Å². The van der Waals surface area contributed by atoms with E-state index in [1.165, 1.54) is 41.2 Å². The number of rotatable bonds is 6. The second kappa shape index (κ2) is 8.96. The summed E-state index contributed by atoms with van der Waals surface area (Å²) < 4.78 is 40.4. The Morgan fingerprint density at radius 3 is 2.58 bits per heavy atom. The van der Waals surface area contributed by atoms with Gasteiger partial charge >= 0.3 is 6.18 Å². The van der Waals surface area contributed by atoms with Crippen molar-refractivity contribution in [3.05, 3.63) is 70.3 Å². The summed E-state index contributed by atoms with van der Waals surface area (Å²) in [5.74, 6) is -1.56. The number of nitrogens with zero attached hydrogens (tertiary/aromatic N) is 2. The van der Waals surface area contributed by atoms with E-state index >= 15 is 0 Å². The minimum Gasteiger partial charge on any atom is -0.387 e. The molecule has 2 aromatic carbocycles. The second-order valence-corrected chi connectivity index (χ2v) is 6.48. The fourth-order valence-corrected chi connectivity index (χ4v) is 2.91. The van der Waals surface area contributed by atoms with E-state index in [0.29, 0.717) is 11.2 Å². The molecule has 0 spiro atoms. The van der Waals surface area contributed by atoms with Crippen LogP contribution < -0.4 is 16.2 Å². The normalized spacial score (nSPS) is 11.4. The summed E-state index contributed by atoms with van der Waals surface area (Å²) >= 11 is 0. The third kappa shape index (κ3) is 5.07. The quantitative estimate of drug-likeness (QED) is 0.547. The monoisotopic (exact) mass is 434 g/mol. The highest BCUT2D eigenvalue weighted by Crippen LogP contribution is 2.31. The highest BCUT2D eigenvalue weighted by Gasteiger charge is 2.34. The van der Waals surface area contributed by atoms with E-state index in [2.05, 4.69) is 15.6 Å². The molecule has 0 saturated carbocycles. The largest absolute Gasteiger partial charge is 0.417 e. The van der Waals surface area contributed by atoms with E-state index in [1.807, 2.05) is 0 Å². The molecule has 162 valence electrons. The van der Waals surface area contributed by atoms with Crippen molar-refractivity contribution in [2.24, 2.45) is 0 Å². The van der Waals surface area contributed by atoms with Crippen LogP contribution in [0, 0.1) is 0 Å². The molecule has 0 aliphatic rings. The van der Waals surface area contributed by atoms with Gasteiger partial charge in [0.05, 0.1) is 28.4 Å². The number of alkyl halides is 3. The predicted molar refractivity (Wildman–Crippen MR) is 105 cm³/mol. The molecule has 8 nitrogen and oxygen atoms in total. The summed E-state index contributed by atoms with van der Waals surface area (Å²) in [5, 5.41) is 13.8. The second-order valence-electron chi connectivity index (χ2n) is 6.48. The highest BCUT2D eigenvalue weighted by atomic mass is 19.4. The van der Waals surface area contributed by atoms with Gasteiger partial charge in [-0.3, -0.25) is 19.0 Å². The number of anilines is 1. The molecule has 1 heterocycles. The van der Waals surface area contributed by atoms with E-state index in [4.69, 9.17) is 5.11 Å². The average Bonchev–Trinajstić information content (AvgIpc) is 2.75. The van der Waals surface area contributed by atoms with Crippen LogP contribution in [0.2, 0.25) is 0 Å². The summed E-state index contributed by atoms with van der Waals surface area (Å²) in [6.07, 6.45) is -3.41. The van der Waals surface area contributed by atoms with Crippen LogP contribution in [-0.4, -0.2) is 39.6 Å². The minimum absolute atomic E-state index is 0.0328. The zero-order chi connectivity index (χ0) is 22.6. The van der Waals surface area contributed by atoms with Crippen LogP contribution in [0.15, 0.2) is 53.6 Å². The molecule has 3 rings (SSSR count). The van der Waals surface area contributed by atoms with E-state index in [0.717, 1.165) is 12.1 Å². The first-order chi connectivity index (χ1) is 14.7. The van der Waals surface area contributed by atoms with Gasteiger partial charge in [-0.1, -0.05) is 12.1 Å². The lowest BCUT2D eigenvalue weighted by Gasteiger charge is -2.13. The Hall–Kier alpha value is -3.73. The molecule has 0 bridgehead atoms. The number of benzene rings is 2. The first kappa shape index (κ1) is 22.0. The summed E-state index contributed by atoms with van der Waals surface area (Å²) in [5.41, 5.74) is -1.36. The Balaban J connectivity index is 1.74. The van der Waals surface area contributed by atoms with Gasteiger partial charge in [0, 0.05) is 18.8 Å². The topological polar surface area (TPSA) is 113 Å². The molecular weight excluding hydrogens is 417 g/mol. The summed E-state index contributed by atoms with van der Waals surface area (Å²) in [6.45, 7) is -0.861. The molecule has 0 saturated heterocycles. The lowest BCUT2D eigenvalue weighted by molar-refractivity contribution is -0.138. The number of hydrogen-bond donors (Lipinski definition) is 3. The van der Waals surface area contributed by atoms with Gasteiger partial charge in [0.2, 0.25) is 5.91 Å². The number of fused-ring (bicyclic) bond motifs is 1. The van der Waals surface area contributed by atoms with Crippen LogP contribution in [0.1, 0.15) is 15.9 Å². The van der Waals surface area contributed by atoms with Crippen molar-refractivity contribution in [3.63, 3.8) is 0 Å². The Bertz CT molecular complexity index is 1190. The van der Waals surface area contributed by atoms with Crippen molar-refractivity contribution in [1.29, 1.82) is 0 Å². The van der Waals surface area contributed by atoms with Gasteiger partial charge in [-0.15, -0.1) is 0 Å². The van der Waals surface area contributed by atoms with Gasteiger partial charge in [0.15, 0.2) is 0 Å². The molecule has 1 aromatic heterocycles. The van der Waals surface area contributed by atoms with E-state index < -0.39 is 41.3 Å². The van der Waals surface area contributed by atoms with Gasteiger partial charge in [0.1, 0.15) is 6.61 Å². The van der Waals surface area contributed by atoms with Gasteiger partial charge in [-0.25, -0.2) is 4.98 Å². The SMILES string of the molecule is O=C(CO)Nc1ccc2ncn(CCNC(=O)c3ccccc3C(F)(F)F)c(=O)c2c1. The maximum atomic E-state index is 13.1. The molecular formula is C20H17F3N4O4. The van der Waals surface area contributed by atoms with Gasteiger partial charge in [-0.2, -0.15) is 13.2 Å². The first-order valence-electron chi connectivity index (χ1n) is 9.05. The standard InChI is InChI=1S/C20H17F3N4O4/c21-20(22,23)15-4-2-1-3-13(15)18(30)24-7-8-27-11-25-16-6-5-12(26-17(29)10-28)9-14(16)19(27)31/h1-6,9,11,28H,7-8,10H2,(H,24,30)(H,26,29). The van der Waals surface area contributed by atoms with Crippen molar-refractivity contribution in [2.45, 2.75) is 12.7 Å². The Morgan fingerprint density at radius 2 is 1.87 bits per heavy atom. The number of aliphatic hydroxyl groups excluding tert-OH is 1. The van der Waals surface area contributed by atoms with Crippen LogP contribution in [0.3, 0.4) is 0 Å². The van der Waals surface area contributed by atoms with Crippen molar-refractivity contribution >= 4 is 28.4 Å². The average molecular weight is 434 g/mol. The molecule has 2 amide bonds. The van der Waals surface area contributed by atoms with Crippen molar-refractivity contribution in [1.82, 2.24) is 14.9 Å². The number of carbonyl (C=O) groups is 2. The first-order valence-corrected chi connectivity index (χ1v) is 9.05. The Kier molecular flexibility index (Phi) is 6.35. The van der Waals surface area contributed by atoms with Gasteiger partial charge in [-0.05, 0) is 30.3 Å². The third-order valence-electron chi connectivity index (χ3n) is 4.37. The molecule has 0 atom stereocenters. The van der Waals surface area contributed by atoms with Gasteiger partial charge in [0.25, 0.3) is 11.5 Å². The molecule has 3 N–H and O–H groups in total. The highest BCUT2D eigenvalue weighted by molar-refractivity contribution is 5.96. The minimum atomic E-state index is -4.67. The molecule has 31 heavy (non-hydrogen) atoms. The van der Waals surface area contributed by atoms with Crippen LogP contribution in [-0.2, 0) is 17.5 Å². The van der Waals surface area contributed by atoms with E-state index in [-0.39, 0.29) is 18.5 Å². The lowest BCUT2D eigenvalue weighted by atomic mass is 10.1. The number of hydrogen-bond acceptors (Lipinski definition) is 5. The fraction of sp³-hybridized carbons (Fsp3) is 0.200. The molecule has 3 aromatic rings. The van der Waals surface area contributed by atoms with Crippen LogP contribution in [0.4, 0.5) is 18.9 Å². The van der Waals surface area contributed by atoms with Crippen molar-refractivity contribution in [3.8, 4) is 0 Å². The number of carbonyl (C=O) groups excluding carboxylic acids is 2. The molecule has 0 unspecified atom stereocenters. The zero-order valence-corrected chi connectivity index (χ0v) is 15.9. The van der Waals surface area contributed by atoms with E-state index in [9.17, 15) is 27.6 Å². The van der Waals surface area contributed by atoms with Crippen LogP contribution >= 0.6 is 0 Å².